The Balaban J connectivity index is 2.13. The van der Waals surface area contributed by atoms with E-state index in [1.165, 1.54) is 22.3 Å². The zero-order valence-electron chi connectivity index (χ0n) is 10.4. The van der Waals surface area contributed by atoms with Crippen LogP contribution in [0.4, 0.5) is 0 Å². The number of halogens is 1. The van der Waals surface area contributed by atoms with Crippen LogP contribution in [0.2, 0.25) is 0 Å². The minimum absolute atomic E-state index is 0.485. The van der Waals surface area contributed by atoms with Gasteiger partial charge in [0.1, 0.15) is 0 Å². The van der Waals surface area contributed by atoms with E-state index in [-0.39, 0.29) is 0 Å². The number of rotatable bonds is 2. The lowest BCUT2D eigenvalue weighted by atomic mass is 9.97. The van der Waals surface area contributed by atoms with Gasteiger partial charge in [-0.1, -0.05) is 55.5 Å². The van der Waals surface area contributed by atoms with E-state index < -0.39 is 0 Å². The number of benzene rings is 2. The number of hydrogen-bond acceptors (Lipinski definition) is 0. The van der Waals surface area contributed by atoms with Gasteiger partial charge in [-0.05, 0) is 40.1 Å². The lowest BCUT2D eigenvalue weighted by Crippen LogP contribution is -2.07. The van der Waals surface area contributed by atoms with Crippen molar-refractivity contribution >= 4 is 19.9 Å². The van der Waals surface area contributed by atoms with Gasteiger partial charge in [-0.2, -0.15) is 11.1 Å². The van der Waals surface area contributed by atoms with Crippen LogP contribution in [0.25, 0.3) is 11.1 Å². The maximum Gasteiger partial charge on any atom is 0.180 e. The molecule has 0 aliphatic heterocycles. The third-order valence-electron chi connectivity index (χ3n) is 3.84. The van der Waals surface area contributed by atoms with Crippen molar-refractivity contribution in [2.24, 2.45) is 5.92 Å². The smallest absolute Gasteiger partial charge is 0.171 e. The Hall–Kier alpha value is -1.05. The lowest BCUT2D eigenvalue weighted by Gasteiger charge is -2.11. The molecular weight excluding hydrogens is 256 g/mol. The summed E-state index contributed by atoms with van der Waals surface area (Å²) in [4.78, 5) is 0. The number of hydrogen-bond donors (Lipinski definition) is 0. The van der Waals surface area contributed by atoms with E-state index in [4.69, 9.17) is 11.1 Å². The zero-order valence-corrected chi connectivity index (χ0v) is 12.1. The Morgan fingerprint density at radius 3 is 2.56 bits per heavy atom. The van der Waals surface area contributed by atoms with Gasteiger partial charge in [-0.25, -0.2) is 0 Å². The lowest BCUT2D eigenvalue weighted by molar-refractivity contribution is 0.607. The molecule has 0 nitrogen and oxygen atoms in total. The molecule has 1 aliphatic carbocycles. The summed E-state index contributed by atoms with van der Waals surface area (Å²) in [5.41, 5.74) is 6.23. The first-order valence-corrected chi connectivity index (χ1v) is 8.43. The molecule has 0 bridgehead atoms. The minimum atomic E-state index is 0.485. The molecule has 0 saturated carbocycles. The van der Waals surface area contributed by atoms with Crippen LogP contribution in [0.1, 0.15) is 23.6 Å². The fourth-order valence-corrected chi connectivity index (χ4v) is 4.64. The Morgan fingerprint density at radius 1 is 1.06 bits per heavy atom. The van der Waals surface area contributed by atoms with Gasteiger partial charge in [-0.3, -0.25) is 0 Å². The minimum Gasteiger partial charge on any atom is -0.171 e. The van der Waals surface area contributed by atoms with Gasteiger partial charge in [0, 0.05) is 0 Å². The van der Waals surface area contributed by atoms with Gasteiger partial charge < -0.3 is 0 Å². The topological polar surface area (TPSA) is 0 Å². The molecule has 0 amide bonds. The molecule has 2 aromatic carbocycles. The van der Waals surface area contributed by atoms with Gasteiger partial charge in [0.05, 0.1) is 0 Å². The van der Waals surface area contributed by atoms with Crippen LogP contribution in [-0.2, 0) is 6.42 Å². The fraction of sp³-hybridized carbons (Fsp3) is 0.250. The highest BCUT2D eigenvalue weighted by atomic mass is 35.6. The average molecular weight is 271 g/mol. The van der Waals surface area contributed by atoms with Crippen molar-refractivity contribution in [3.63, 3.8) is 0 Å². The van der Waals surface area contributed by atoms with Crippen molar-refractivity contribution in [1.82, 2.24) is 0 Å². The first kappa shape index (κ1) is 12.0. The monoisotopic (exact) mass is 270 g/mol. The summed E-state index contributed by atoms with van der Waals surface area (Å²) in [5, 5.41) is 0. The molecule has 0 heterocycles. The first-order valence-electron chi connectivity index (χ1n) is 6.34. The summed E-state index contributed by atoms with van der Waals surface area (Å²) >= 11 is 6.16. The molecule has 0 spiro atoms. The van der Waals surface area contributed by atoms with Crippen molar-refractivity contribution in [2.45, 2.75) is 18.9 Å². The highest BCUT2D eigenvalue weighted by Gasteiger charge is 2.30. The summed E-state index contributed by atoms with van der Waals surface area (Å²) in [6.45, 7) is 2.31. The highest BCUT2D eigenvalue weighted by molar-refractivity contribution is 6.94. The van der Waals surface area contributed by atoms with Gasteiger partial charge in [0.15, 0.2) is 8.83 Å². The van der Waals surface area contributed by atoms with Crippen LogP contribution < -0.4 is 0 Å². The Labute approximate surface area is 116 Å². The molecule has 3 rings (SSSR count). The van der Waals surface area contributed by atoms with Crippen LogP contribution >= 0.6 is 11.1 Å². The van der Waals surface area contributed by atoms with Gasteiger partial charge in [0.2, 0.25) is 0 Å². The van der Waals surface area contributed by atoms with Crippen LogP contribution in [0.3, 0.4) is 0 Å². The second-order valence-electron chi connectivity index (χ2n) is 5.01. The number of fused-ring (bicyclic) bond motifs is 1. The maximum atomic E-state index is 6.16. The zero-order chi connectivity index (χ0) is 12.5. The molecule has 0 aromatic heterocycles. The molecule has 0 N–H and O–H groups in total. The van der Waals surface area contributed by atoms with Crippen molar-refractivity contribution < 1.29 is 0 Å². The van der Waals surface area contributed by atoms with E-state index >= 15 is 0 Å². The fourth-order valence-electron chi connectivity index (χ4n) is 2.92. The summed E-state index contributed by atoms with van der Waals surface area (Å²) < 4.78 is 0. The van der Waals surface area contributed by atoms with Crippen LogP contribution in [0.15, 0.2) is 48.5 Å². The summed E-state index contributed by atoms with van der Waals surface area (Å²) in [6.07, 6.45) is 1.16. The second kappa shape index (κ2) is 4.91. The Bertz CT molecular complexity index is 550. The molecule has 2 atom stereocenters. The molecule has 2 heteroatoms. The third-order valence-corrected chi connectivity index (χ3v) is 5.67. The van der Waals surface area contributed by atoms with E-state index in [9.17, 15) is 0 Å². The molecule has 2 radical (unpaired) electrons. The van der Waals surface area contributed by atoms with Crippen molar-refractivity contribution in [1.29, 1.82) is 0 Å². The maximum absolute atomic E-state index is 6.16. The van der Waals surface area contributed by atoms with E-state index in [1.807, 2.05) is 0 Å². The summed E-state index contributed by atoms with van der Waals surface area (Å²) in [7, 11) is 0.485. The molecule has 18 heavy (non-hydrogen) atoms. The van der Waals surface area contributed by atoms with Gasteiger partial charge in [0.25, 0.3) is 0 Å². The van der Waals surface area contributed by atoms with Crippen molar-refractivity contribution in [3.8, 4) is 11.1 Å². The molecular formula is C16H15ClSi. The second-order valence-corrected chi connectivity index (χ2v) is 6.50. The predicted molar refractivity (Wildman–Crippen MR) is 79.1 cm³/mol. The van der Waals surface area contributed by atoms with E-state index in [1.54, 1.807) is 0 Å². The molecule has 2 aromatic rings. The van der Waals surface area contributed by atoms with Crippen molar-refractivity contribution in [2.75, 3.05) is 0 Å². The predicted octanol–water partition coefficient (Wildman–Crippen LogP) is 4.44. The van der Waals surface area contributed by atoms with Crippen LogP contribution in [0, 0.1) is 5.92 Å². The van der Waals surface area contributed by atoms with Crippen molar-refractivity contribution in [3.05, 3.63) is 59.7 Å². The van der Waals surface area contributed by atoms with E-state index in [2.05, 4.69) is 55.5 Å². The highest BCUT2D eigenvalue weighted by Crippen LogP contribution is 2.41. The molecule has 90 valence electrons. The van der Waals surface area contributed by atoms with Gasteiger partial charge in [-0.15, -0.1) is 0 Å². The molecule has 1 aliphatic rings. The quantitative estimate of drug-likeness (QED) is 0.559. The average Bonchev–Trinajstić information content (AvgIpc) is 2.74. The standard InChI is InChI=1S/C16H15ClSi/c1-11-10-15-13(12-6-3-2-4-7-12)8-5-9-14(15)16(11)18-17/h2-9,11,16H,10H2,1H3. The normalized spacial score (nSPS) is 21.9. The van der Waals surface area contributed by atoms with Crippen LogP contribution in [0.5, 0.6) is 0 Å². The third kappa shape index (κ3) is 1.92. The SMILES string of the molecule is CC1Cc2c(-c3ccccc3)cccc2C1[Si]Cl. The molecule has 2 unspecified atom stereocenters. The first-order chi connectivity index (χ1) is 8.81. The van der Waals surface area contributed by atoms with Gasteiger partial charge >= 0.3 is 0 Å². The Morgan fingerprint density at radius 2 is 1.83 bits per heavy atom. The largest absolute Gasteiger partial charge is 0.180 e. The summed E-state index contributed by atoms with van der Waals surface area (Å²) in [6, 6.07) is 17.3. The molecule has 0 fully saturated rings. The molecule has 0 saturated heterocycles. The van der Waals surface area contributed by atoms with Crippen LogP contribution in [-0.4, -0.2) is 8.83 Å². The van der Waals surface area contributed by atoms with E-state index in [0.717, 1.165) is 6.42 Å². The summed E-state index contributed by atoms with van der Waals surface area (Å²) in [5.74, 6) is 0.667. The Kier molecular flexibility index (Phi) is 3.27. The van der Waals surface area contributed by atoms with E-state index in [0.29, 0.717) is 20.3 Å².